The molecule has 0 aromatic heterocycles. The Labute approximate surface area is 112 Å². The summed E-state index contributed by atoms with van der Waals surface area (Å²) in [7, 11) is 0. The highest BCUT2D eigenvalue weighted by Gasteiger charge is 2.13. The van der Waals surface area contributed by atoms with E-state index in [-0.39, 0.29) is 0 Å². The van der Waals surface area contributed by atoms with Crippen LogP contribution in [0.5, 0.6) is 5.75 Å². The second-order valence-corrected chi connectivity index (χ2v) is 5.33. The molecular weight excluding hydrogens is 257 g/mol. The molecule has 1 saturated heterocycles. The summed E-state index contributed by atoms with van der Waals surface area (Å²) in [6.07, 6.45) is 3.60. The summed E-state index contributed by atoms with van der Waals surface area (Å²) in [5.74, 6) is 1.58. The van der Waals surface area contributed by atoms with Gasteiger partial charge in [-0.25, -0.2) is 0 Å². The van der Waals surface area contributed by atoms with Crippen LogP contribution in [0, 0.1) is 5.92 Å². The van der Waals surface area contributed by atoms with Gasteiger partial charge in [0.15, 0.2) is 0 Å². The first kappa shape index (κ1) is 13.0. The Bertz CT molecular complexity index is 344. The zero-order valence-corrected chi connectivity index (χ0v) is 11.2. The van der Waals surface area contributed by atoms with Crippen molar-refractivity contribution < 1.29 is 4.74 Å². The number of halogens is 2. The molecule has 0 bridgehead atoms. The number of benzene rings is 1. The normalized spacial score (nSPS) is 19.5. The van der Waals surface area contributed by atoms with Crippen molar-refractivity contribution >= 4 is 23.2 Å². The molecule has 1 aliphatic rings. The van der Waals surface area contributed by atoms with E-state index in [4.69, 9.17) is 27.9 Å². The van der Waals surface area contributed by atoms with Crippen molar-refractivity contribution in [1.82, 2.24) is 5.32 Å². The summed E-state index contributed by atoms with van der Waals surface area (Å²) >= 11 is 11.8. The minimum absolute atomic E-state index is 0.618. The molecule has 1 aliphatic heterocycles. The van der Waals surface area contributed by atoms with Gasteiger partial charge in [0.05, 0.1) is 6.61 Å². The van der Waals surface area contributed by atoms with E-state index >= 15 is 0 Å². The number of rotatable bonds is 5. The first-order valence-corrected chi connectivity index (χ1v) is 6.79. The summed E-state index contributed by atoms with van der Waals surface area (Å²) in [4.78, 5) is 0. The molecule has 1 aromatic carbocycles. The standard InChI is InChI=1S/C13H17Cl2NO/c14-11-6-12(15)8-13(7-11)17-5-1-2-10-3-4-16-9-10/h6-8,10,16H,1-5,9H2. The van der Waals surface area contributed by atoms with Gasteiger partial charge in [0, 0.05) is 10.0 Å². The fourth-order valence-electron chi connectivity index (χ4n) is 2.13. The Balaban J connectivity index is 1.70. The van der Waals surface area contributed by atoms with E-state index in [0.717, 1.165) is 37.8 Å². The fraction of sp³-hybridized carbons (Fsp3) is 0.538. The first-order valence-electron chi connectivity index (χ1n) is 6.03. The molecular formula is C13H17Cl2NO. The molecule has 1 atom stereocenters. The van der Waals surface area contributed by atoms with Crippen LogP contribution in [0.4, 0.5) is 0 Å². The minimum atomic E-state index is 0.618. The van der Waals surface area contributed by atoms with Crippen molar-refractivity contribution in [3.63, 3.8) is 0 Å². The highest BCUT2D eigenvalue weighted by molar-refractivity contribution is 6.34. The van der Waals surface area contributed by atoms with Crippen LogP contribution in [0.15, 0.2) is 18.2 Å². The van der Waals surface area contributed by atoms with Crippen LogP contribution in [-0.4, -0.2) is 19.7 Å². The van der Waals surface area contributed by atoms with E-state index in [9.17, 15) is 0 Å². The van der Waals surface area contributed by atoms with Crippen LogP contribution in [-0.2, 0) is 0 Å². The van der Waals surface area contributed by atoms with E-state index in [0.29, 0.717) is 10.0 Å². The first-order chi connectivity index (χ1) is 8.24. The maximum absolute atomic E-state index is 5.89. The van der Waals surface area contributed by atoms with E-state index in [2.05, 4.69) is 5.32 Å². The van der Waals surface area contributed by atoms with Crippen molar-refractivity contribution in [1.29, 1.82) is 0 Å². The van der Waals surface area contributed by atoms with Gasteiger partial charge in [0.25, 0.3) is 0 Å². The Morgan fingerprint density at radius 3 is 2.65 bits per heavy atom. The lowest BCUT2D eigenvalue weighted by Gasteiger charge is -2.09. The van der Waals surface area contributed by atoms with Crippen LogP contribution in [0.3, 0.4) is 0 Å². The van der Waals surface area contributed by atoms with Crippen molar-refractivity contribution in [3.8, 4) is 5.75 Å². The maximum Gasteiger partial charge on any atom is 0.122 e. The van der Waals surface area contributed by atoms with Gasteiger partial charge in [-0.1, -0.05) is 23.2 Å². The van der Waals surface area contributed by atoms with Gasteiger partial charge in [-0.2, -0.15) is 0 Å². The lowest BCUT2D eigenvalue weighted by Crippen LogP contribution is -2.09. The van der Waals surface area contributed by atoms with Gasteiger partial charge >= 0.3 is 0 Å². The monoisotopic (exact) mass is 273 g/mol. The van der Waals surface area contributed by atoms with E-state index in [1.165, 1.54) is 12.8 Å². The van der Waals surface area contributed by atoms with Crippen molar-refractivity contribution in [2.75, 3.05) is 19.7 Å². The summed E-state index contributed by atoms with van der Waals surface area (Å²) in [5, 5.41) is 4.61. The summed E-state index contributed by atoms with van der Waals surface area (Å²) in [6.45, 7) is 3.05. The third kappa shape index (κ3) is 4.38. The molecule has 0 spiro atoms. The average Bonchev–Trinajstić information content (AvgIpc) is 2.76. The molecule has 0 radical (unpaired) electrons. The highest BCUT2D eigenvalue weighted by Crippen LogP contribution is 2.24. The van der Waals surface area contributed by atoms with E-state index in [1.54, 1.807) is 18.2 Å². The third-order valence-electron chi connectivity index (χ3n) is 3.02. The van der Waals surface area contributed by atoms with Crippen LogP contribution in [0.1, 0.15) is 19.3 Å². The molecule has 1 unspecified atom stereocenters. The van der Waals surface area contributed by atoms with Crippen molar-refractivity contribution in [3.05, 3.63) is 28.2 Å². The second-order valence-electron chi connectivity index (χ2n) is 4.45. The molecule has 1 heterocycles. The summed E-state index contributed by atoms with van der Waals surface area (Å²) in [5.41, 5.74) is 0. The zero-order valence-electron chi connectivity index (χ0n) is 9.72. The molecule has 1 aromatic rings. The van der Waals surface area contributed by atoms with E-state index < -0.39 is 0 Å². The molecule has 1 N–H and O–H groups in total. The summed E-state index contributed by atoms with van der Waals surface area (Å²) < 4.78 is 5.64. The molecule has 0 amide bonds. The summed E-state index contributed by atoms with van der Waals surface area (Å²) in [6, 6.07) is 5.30. The Morgan fingerprint density at radius 2 is 2.00 bits per heavy atom. The van der Waals surface area contributed by atoms with E-state index in [1.807, 2.05) is 0 Å². The number of ether oxygens (including phenoxy) is 1. The van der Waals surface area contributed by atoms with Gasteiger partial charge < -0.3 is 10.1 Å². The van der Waals surface area contributed by atoms with Crippen molar-refractivity contribution in [2.24, 2.45) is 5.92 Å². The van der Waals surface area contributed by atoms with Gasteiger partial charge in [0.2, 0.25) is 0 Å². The topological polar surface area (TPSA) is 21.3 Å². The predicted molar refractivity (Wildman–Crippen MR) is 72.2 cm³/mol. The molecule has 4 heteroatoms. The molecule has 2 rings (SSSR count). The van der Waals surface area contributed by atoms with Crippen LogP contribution < -0.4 is 10.1 Å². The second kappa shape index (κ2) is 6.48. The van der Waals surface area contributed by atoms with Gasteiger partial charge in [-0.3, -0.25) is 0 Å². The smallest absolute Gasteiger partial charge is 0.122 e. The van der Waals surface area contributed by atoms with Gasteiger partial charge in [0.1, 0.15) is 5.75 Å². The maximum atomic E-state index is 5.89. The molecule has 2 nitrogen and oxygen atoms in total. The molecule has 94 valence electrons. The highest BCUT2D eigenvalue weighted by atomic mass is 35.5. The zero-order chi connectivity index (χ0) is 12.1. The van der Waals surface area contributed by atoms with Crippen molar-refractivity contribution in [2.45, 2.75) is 19.3 Å². The van der Waals surface area contributed by atoms with Crippen LogP contribution >= 0.6 is 23.2 Å². The third-order valence-corrected chi connectivity index (χ3v) is 3.46. The predicted octanol–water partition coefficient (Wildman–Crippen LogP) is 3.76. The minimum Gasteiger partial charge on any atom is -0.493 e. The fourth-order valence-corrected chi connectivity index (χ4v) is 2.64. The number of nitrogens with one attached hydrogen (secondary N) is 1. The number of hydrogen-bond acceptors (Lipinski definition) is 2. The Hall–Kier alpha value is -0.440. The number of hydrogen-bond donors (Lipinski definition) is 1. The molecule has 17 heavy (non-hydrogen) atoms. The van der Waals surface area contributed by atoms with Crippen LogP contribution in [0.2, 0.25) is 10.0 Å². The van der Waals surface area contributed by atoms with Crippen LogP contribution in [0.25, 0.3) is 0 Å². The quantitative estimate of drug-likeness (QED) is 0.825. The SMILES string of the molecule is Clc1cc(Cl)cc(OCCCC2CCNC2)c1. The van der Waals surface area contributed by atoms with Gasteiger partial charge in [-0.15, -0.1) is 0 Å². The lowest BCUT2D eigenvalue weighted by molar-refractivity contribution is 0.295. The molecule has 1 fully saturated rings. The Kier molecular flexibility index (Phi) is 4.96. The Morgan fingerprint density at radius 1 is 1.24 bits per heavy atom. The van der Waals surface area contributed by atoms with Gasteiger partial charge in [-0.05, 0) is 56.5 Å². The lowest BCUT2D eigenvalue weighted by atomic mass is 10.0. The largest absolute Gasteiger partial charge is 0.493 e. The average molecular weight is 274 g/mol. The molecule has 0 saturated carbocycles. The molecule has 0 aliphatic carbocycles.